The number of nitrogens with one attached hydrogen (secondary N) is 1. The summed E-state index contributed by atoms with van der Waals surface area (Å²) >= 11 is 0. The topological polar surface area (TPSA) is 70.0 Å². The SMILES string of the molecule is CC(NS(=O)(=O)CC#N)c1ccccc1. The molecule has 15 heavy (non-hydrogen) atoms. The number of nitriles is 1. The Bertz CT molecular complexity index is 448. The summed E-state index contributed by atoms with van der Waals surface area (Å²) in [6, 6.07) is 10.5. The molecular formula is C10H12N2O2S. The molecular weight excluding hydrogens is 212 g/mol. The molecule has 0 bridgehead atoms. The van der Waals surface area contributed by atoms with Crippen molar-refractivity contribution in [2.75, 3.05) is 5.75 Å². The van der Waals surface area contributed by atoms with Gasteiger partial charge in [0.05, 0.1) is 6.07 Å². The van der Waals surface area contributed by atoms with E-state index in [0.29, 0.717) is 0 Å². The van der Waals surface area contributed by atoms with E-state index in [2.05, 4.69) is 4.72 Å². The van der Waals surface area contributed by atoms with Crippen LogP contribution in [0.5, 0.6) is 0 Å². The monoisotopic (exact) mass is 224 g/mol. The zero-order valence-electron chi connectivity index (χ0n) is 8.34. The summed E-state index contributed by atoms with van der Waals surface area (Å²) in [6.07, 6.45) is 0. The lowest BCUT2D eigenvalue weighted by molar-refractivity contribution is 0.570. The van der Waals surface area contributed by atoms with E-state index >= 15 is 0 Å². The third kappa shape index (κ3) is 3.70. The van der Waals surface area contributed by atoms with Crippen molar-refractivity contribution in [3.05, 3.63) is 35.9 Å². The third-order valence-electron chi connectivity index (χ3n) is 1.91. The third-order valence-corrected chi connectivity index (χ3v) is 3.13. The molecule has 0 saturated heterocycles. The standard InChI is InChI=1S/C10H12N2O2S/c1-9(10-5-3-2-4-6-10)12-15(13,14)8-7-11/h2-6,9,12H,8H2,1H3. The summed E-state index contributed by atoms with van der Waals surface area (Å²) in [7, 11) is -3.49. The van der Waals surface area contributed by atoms with Gasteiger partial charge in [-0.1, -0.05) is 30.3 Å². The smallest absolute Gasteiger partial charge is 0.211 e. The van der Waals surface area contributed by atoms with E-state index in [-0.39, 0.29) is 6.04 Å². The molecule has 0 radical (unpaired) electrons. The van der Waals surface area contributed by atoms with Crippen LogP contribution >= 0.6 is 0 Å². The fourth-order valence-electron chi connectivity index (χ4n) is 1.21. The Hall–Kier alpha value is -1.38. The molecule has 0 spiro atoms. The molecule has 4 nitrogen and oxygen atoms in total. The highest BCUT2D eigenvalue weighted by Crippen LogP contribution is 2.12. The number of rotatable bonds is 4. The van der Waals surface area contributed by atoms with Crippen LogP contribution in [0, 0.1) is 11.3 Å². The van der Waals surface area contributed by atoms with E-state index in [1.54, 1.807) is 13.0 Å². The molecule has 1 atom stereocenters. The van der Waals surface area contributed by atoms with E-state index in [1.165, 1.54) is 0 Å². The minimum absolute atomic E-state index is 0.315. The number of hydrogen-bond donors (Lipinski definition) is 1. The van der Waals surface area contributed by atoms with Gasteiger partial charge in [-0.05, 0) is 12.5 Å². The maximum Gasteiger partial charge on any atom is 0.225 e. The normalized spacial score (nSPS) is 13.1. The Morgan fingerprint density at radius 1 is 1.40 bits per heavy atom. The van der Waals surface area contributed by atoms with Gasteiger partial charge in [0.2, 0.25) is 10.0 Å². The lowest BCUT2D eigenvalue weighted by Crippen LogP contribution is -2.28. The second kappa shape index (κ2) is 4.91. The fourth-order valence-corrected chi connectivity index (χ4v) is 2.13. The maximum absolute atomic E-state index is 11.3. The van der Waals surface area contributed by atoms with Gasteiger partial charge in [-0.15, -0.1) is 0 Å². The van der Waals surface area contributed by atoms with Gasteiger partial charge >= 0.3 is 0 Å². The molecule has 0 heterocycles. The number of nitrogens with zero attached hydrogens (tertiary/aromatic N) is 1. The molecule has 0 aliphatic carbocycles. The Morgan fingerprint density at radius 2 is 2.00 bits per heavy atom. The van der Waals surface area contributed by atoms with Crippen LogP contribution < -0.4 is 4.72 Å². The Kier molecular flexibility index (Phi) is 3.83. The molecule has 80 valence electrons. The van der Waals surface area contributed by atoms with Crippen molar-refractivity contribution < 1.29 is 8.42 Å². The highest BCUT2D eigenvalue weighted by molar-refractivity contribution is 7.89. The molecule has 0 amide bonds. The van der Waals surface area contributed by atoms with Crippen molar-refractivity contribution in [2.45, 2.75) is 13.0 Å². The summed E-state index contributed by atoms with van der Waals surface area (Å²) < 4.78 is 25.0. The molecule has 0 aliphatic rings. The van der Waals surface area contributed by atoms with Crippen LogP contribution in [0.25, 0.3) is 0 Å². The van der Waals surface area contributed by atoms with Crippen LogP contribution in [0.1, 0.15) is 18.5 Å². The second-order valence-corrected chi connectivity index (χ2v) is 4.92. The highest BCUT2D eigenvalue weighted by atomic mass is 32.2. The van der Waals surface area contributed by atoms with E-state index in [0.717, 1.165) is 5.56 Å². The molecule has 0 saturated carbocycles. The van der Waals surface area contributed by atoms with Gasteiger partial charge in [0.1, 0.15) is 0 Å². The first-order valence-electron chi connectivity index (χ1n) is 4.47. The molecule has 1 unspecified atom stereocenters. The Labute approximate surface area is 89.6 Å². The van der Waals surface area contributed by atoms with Crippen LogP contribution in [0.4, 0.5) is 0 Å². The predicted molar refractivity (Wildman–Crippen MR) is 57.4 cm³/mol. The molecule has 1 N–H and O–H groups in total. The summed E-state index contributed by atoms with van der Waals surface area (Å²) in [5.41, 5.74) is 0.874. The molecule has 0 aliphatic heterocycles. The number of sulfonamides is 1. The van der Waals surface area contributed by atoms with E-state index in [9.17, 15) is 8.42 Å². The molecule has 0 fully saturated rings. The molecule has 1 rings (SSSR count). The first-order chi connectivity index (χ1) is 7.05. The average Bonchev–Trinajstić information content (AvgIpc) is 2.18. The maximum atomic E-state index is 11.3. The Balaban J connectivity index is 2.73. The average molecular weight is 224 g/mol. The molecule has 5 heteroatoms. The predicted octanol–water partition coefficient (Wildman–Crippen LogP) is 1.19. The largest absolute Gasteiger partial charge is 0.225 e. The summed E-state index contributed by atoms with van der Waals surface area (Å²) in [5, 5.41) is 8.32. The van der Waals surface area contributed by atoms with Crippen LogP contribution in [0.15, 0.2) is 30.3 Å². The quantitative estimate of drug-likeness (QED) is 0.835. The van der Waals surface area contributed by atoms with Gasteiger partial charge in [0, 0.05) is 6.04 Å². The fraction of sp³-hybridized carbons (Fsp3) is 0.300. The van der Waals surface area contributed by atoms with Crippen molar-refractivity contribution >= 4 is 10.0 Å². The van der Waals surface area contributed by atoms with Crippen molar-refractivity contribution in [1.82, 2.24) is 4.72 Å². The van der Waals surface area contributed by atoms with Crippen molar-refractivity contribution in [3.8, 4) is 6.07 Å². The van der Waals surface area contributed by atoms with Crippen LogP contribution in [0.3, 0.4) is 0 Å². The van der Waals surface area contributed by atoms with E-state index in [1.807, 2.05) is 30.3 Å². The van der Waals surface area contributed by atoms with Gasteiger partial charge in [-0.2, -0.15) is 5.26 Å². The first-order valence-corrected chi connectivity index (χ1v) is 6.12. The molecule has 0 aromatic heterocycles. The Morgan fingerprint density at radius 3 is 2.53 bits per heavy atom. The molecule has 1 aromatic carbocycles. The zero-order valence-corrected chi connectivity index (χ0v) is 9.16. The van der Waals surface area contributed by atoms with Crippen LogP contribution in [0.2, 0.25) is 0 Å². The summed E-state index contributed by atoms with van der Waals surface area (Å²) in [4.78, 5) is 0. The number of benzene rings is 1. The first kappa shape index (κ1) is 11.7. The minimum Gasteiger partial charge on any atom is -0.211 e. The lowest BCUT2D eigenvalue weighted by atomic mass is 10.1. The number of hydrogen-bond acceptors (Lipinski definition) is 3. The van der Waals surface area contributed by atoms with Gasteiger partial charge in [-0.3, -0.25) is 0 Å². The summed E-state index contributed by atoms with van der Waals surface area (Å²) in [6.45, 7) is 1.74. The van der Waals surface area contributed by atoms with E-state index < -0.39 is 15.8 Å². The molecule has 1 aromatic rings. The second-order valence-electron chi connectivity index (χ2n) is 3.17. The van der Waals surface area contributed by atoms with Crippen molar-refractivity contribution in [1.29, 1.82) is 5.26 Å². The van der Waals surface area contributed by atoms with Gasteiger partial charge in [-0.25, -0.2) is 13.1 Å². The zero-order chi connectivity index (χ0) is 11.3. The van der Waals surface area contributed by atoms with Crippen LogP contribution in [-0.4, -0.2) is 14.2 Å². The van der Waals surface area contributed by atoms with Crippen molar-refractivity contribution in [3.63, 3.8) is 0 Å². The highest BCUT2D eigenvalue weighted by Gasteiger charge is 2.14. The van der Waals surface area contributed by atoms with Crippen molar-refractivity contribution in [2.24, 2.45) is 0 Å². The lowest BCUT2D eigenvalue weighted by Gasteiger charge is -2.12. The summed E-state index contributed by atoms with van der Waals surface area (Å²) in [5.74, 6) is -0.510. The van der Waals surface area contributed by atoms with E-state index in [4.69, 9.17) is 5.26 Å². The van der Waals surface area contributed by atoms with Crippen LogP contribution in [-0.2, 0) is 10.0 Å². The van der Waals surface area contributed by atoms with Gasteiger partial charge in [0.15, 0.2) is 5.75 Å². The van der Waals surface area contributed by atoms with Gasteiger partial charge in [0.25, 0.3) is 0 Å². The minimum atomic E-state index is -3.49. The van der Waals surface area contributed by atoms with Gasteiger partial charge < -0.3 is 0 Å².